The summed E-state index contributed by atoms with van der Waals surface area (Å²) in [5.41, 5.74) is 4.34. The first kappa shape index (κ1) is 16.0. The number of hydrogen-bond acceptors (Lipinski definition) is 3. The van der Waals surface area contributed by atoms with E-state index < -0.39 is 0 Å². The van der Waals surface area contributed by atoms with Crippen molar-refractivity contribution >= 4 is 40.4 Å². The summed E-state index contributed by atoms with van der Waals surface area (Å²) in [7, 11) is 0. The van der Waals surface area contributed by atoms with Gasteiger partial charge >= 0.3 is 0 Å². The maximum Gasteiger partial charge on any atom is 0.133 e. The zero-order chi connectivity index (χ0) is 16.7. The van der Waals surface area contributed by atoms with E-state index in [4.69, 9.17) is 28.3 Å². The van der Waals surface area contributed by atoms with Crippen LogP contribution in [-0.4, -0.2) is 16.3 Å². The van der Waals surface area contributed by atoms with Crippen LogP contribution in [0.1, 0.15) is 24.0 Å². The van der Waals surface area contributed by atoms with Crippen LogP contribution in [0.2, 0.25) is 9.36 Å². The second kappa shape index (κ2) is 6.43. The lowest BCUT2D eigenvalue weighted by Crippen LogP contribution is -2.08. The molecular formula is C18H17Cl2N3S. The molecule has 0 aliphatic carbocycles. The molecule has 3 nitrogen and oxygen atoms in total. The molecule has 2 aromatic heterocycles. The van der Waals surface area contributed by atoms with Gasteiger partial charge in [0.2, 0.25) is 0 Å². The van der Waals surface area contributed by atoms with Crippen LogP contribution < -0.4 is 5.32 Å². The molecule has 124 valence electrons. The Labute approximate surface area is 155 Å². The minimum absolute atomic E-state index is 0.756. The van der Waals surface area contributed by atoms with E-state index in [0.717, 1.165) is 62.8 Å². The average Bonchev–Trinajstić information content (AvgIpc) is 3.06. The van der Waals surface area contributed by atoms with Crippen molar-refractivity contribution in [2.45, 2.75) is 26.2 Å². The fourth-order valence-electron chi connectivity index (χ4n) is 3.14. The van der Waals surface area contributed by atoms with Gasteiger partial charge in [-0.05, 0) is 56.0 Å². The van der Waals surface area contributed by atoms with Gasteiger partial charge in [-0.15, -0.1) is 11.3 Å². The molecule has 1 aliphatic rings. The van der Waals surface area contributed by atoms with Gasteiger partial charge in [-0.2, -0.15) is 5.10 Å². The van der Waals surface area contributed by atoms with E-state index in [1.165, 1.54) is 5.56 Å². The first-order valence-electron chi connectivity index (χ1n) is 8.02. The Morgan fingerprint density at radius 3 is 2.83 bits per heavy atom. The first-order valence-corrected chi connectivity index (χ1v) is 9.59. The van der Waals surface area contributed by atoms with E-state index in [1.807, 2.05) is 29.8 Å². The lowest BCUT2D eigenvalue weighted by molar-refractivity contribution is 0.780. The van der Waals surface area contributed by atoms with Crippen molar-refractivity contribution in [2.75, 3.05) is 11.9 Å². The summed E-state index contributed by atoms with van der Waals surface area (Å²) >= 11 is 14.0. The predicted molar refractivity (Wildman–Crippen MR) is 103 cm³/mol. The molecule has 0 saturated carbocycles. The lowest BCUT2D eigenvalue weighted by atomic mass is 10.1. The van der Waals surface area contributed by atoms with Crippen LogP contribution in [0.5, 0.6) is 0 Å². The summed E-state index contributed by atoms with van der Waals surface area (Å²) in [6.45, 7) is 2.99. The van der Waals surface area contributed by atoms with Gasteiger partial charge in [0.1, 0.15) is 11.5 Å². The van der Waals surface area contributed by atoms with Crippen LogP contribution in [0.4, 0.5) is 5.82 Å². The SMILES string of the molecule is Cc1c(Cl)cccc1-n1nc(-c2ccc(Cl)s2)c2c1NCCCC2. The van der Waals surface area contributed by atoms with Crippen LogP contribution >= 0.6 is 34.5 Å². The Morgan fingerprint density at radius 1 is 1.17 bits per heavy atom. The minimum Gasteiger partial charge on any atom is -0.370 e. The summed E-state index contributed by atoms with van der Waals surface area (Å²) in [6.07, 6.45) is 3.34. The molecule has 4 rings (SSSR count). The number of nitrogens with zero attached hydrogens (tertiary/aromatic N) is 2. The Kier molecular flexibility index (Phi) is 4.29. The number of anilines is 1. The summed E-state index contributed by atoms with van der Waals surface area (Å²) in [6, 6.07) is 9.93. The third kappa shape index (κ3) is 2.73. The smallest absolute Gasteiger partial charge is 0.133 e. The summed E-state index contributed by atoms with van der Waals surface area (Å²) in [5, 5.41) is 9.26. The Balaban J connectivity index is 1.94. The second-order valence-corrected chi connectivity index (χ2v) is 8.08. The van der Waals surface area contributed by atoms with E-state index in [0.29, 0.717) is 0 Å². The molecular weight excluding hydrogens is 361 g/mol. The molecule has 0 unspecified atom stereocenters. The average molecular weight is 378 g/mol. The Morgan fingerprint density at radius 2 is 2.04 bits per heavy atom. The molecule has 24 heavy (non-hydrogen) atoms. The second-order valence-electron chi connectivity index (χ2n) is 5.96. The highest BCUT2D eigenvalue weighted by Crippen LogP contribution is 2.38. The third-order valence-electron chi connectivity index (χ3n) is 4.40. The van der Waals surface area contributed by atoms with Gasteiger partial charge in [0.05, 0.1) is 14.9 Å². The zero-order valence-electron chi connectivity index (χ0n) is 13.3. The molecule has 0 bridgehead atoms. The fourth-order valence-corrected chi connectivity index (χ4v) is 4.37. The summed E-state index contributed by atoms with van der Waals surface area (Å²) < 4.78 is 2.79. The highest BCUT2D eigenvalue weighted by molar-refractivity contribution is 7.19. The molecule has 3 heterocycles. The lowest BCUT2D eigenvalue weighted by Gasteiger charge is -2.12. The maximum absolute atomic E-state index is 6.33. The van der Waals surface area contributed by atoms with E-state index >= 15 is 0 Å². The maximum atomic E-state index is 6.33. The van der Waals surface area contributed by atoms with Crippen molar-refractivity contribution in [2.24, 2.45) is 0 Å². The first-order chi connectivity index (χ1) is 11.6. The number of hydrogen-bond donors (Lipinski definition) is 1. The minimum atomic E-state index is 0.756. The highest BCUT2D eigenvalue weighted by atomic mass is 35.5. The van der Waals surface area contributed by atoms with Crippen LogP contribution in [0, 0.1) is 6.92 Å². The molecule has 0 saturated heterocycles. The largest absolute Gasteiger partial charge is 0.370 e. The highest BCUT2D eigenvalue weighted by Gasteiger charge is 2.23. The topological polar surface area (TPSA) is 29.9 Å². The molecule has 3 aromatic rings. The molecule has 0 radical (unpaired) electrons. The van der Waals surface area contributed by atoms with Crippen molar-refractivity contribution in [1.82, 2.24) is 9.78 Å². The zero-order valence-corrected chi connectivity index (χ0v) is 15.6. The van der Waals surface area contributed by atoms with E-state index in [9.17, 15) is 0 Å². The number of nitrogens with one attached hydrogen (secondary N) is 1. The van der Waals surface area contributed by atoms with Gasteiger partial charge in [0, 0.05) is 17.1 Å². The number of halogens is 2. The normalized spacial score (nSPS) is 14.1. The molecule has 0 atom stereocenters. The predicted octanol–water partition coefficient (Wildman–Crippen LogP) is 5.96. The number of fused-ring (bicyclic) bond motifs is 1. The van der Waals surface area contributed by atoms with Crippen LogP contribution in [0.3, 0.4) is 0 Å². The van der Waals surface area contributed by atoms with Crippen molar-refractivity contribution in [3.63, 3.8) is 0 Å². The van der Waals surface area contributed by atoms with Crippen molar-refractivity contribution < 1.29 is 0 Å². The van der Waals surface area contributed by atoms with E-state index in [1.54, 1.807) is 11.3 Å². The van der Waals surface area contributed by atoms with Crippen LogP contribution in [0.25, 0.3) is 16.3 Å². The standard InChI is InChI=1S/C18H17Cl2N3S/c1-11-13(19)6-4-7-14(11)23-18-12(5-2-3-10-21-18)17(22-23)15-8-9-16(20)24-15/h4,6-9,21H,2-3,5,10H2,1H3. The van der Waals surface area contributed by atoms with Gasteiger partial charge < -0.3 is 5.32 Å². The van der Waals surface area contributed by atoms with Crippen molar-refractivity contribution in [1.29, 1.82) is 0 Å². The quantitative estimate of drug-likeness (QED) is 0.596. The van der Waals surface area contributed by atoms with Crippen LogP contribution in [-0.2, 0) is 6.42 Å². The van der Waals surface area contributed by atoms with Gasteiger partial charge in [-0.25, -0.2) is 4.68 Å². The number of aromatic nitrogens is 2. The molecule has 0 spiro atoms. The van der Waals surface area contributed by atoms with Gasteiger partial charge in [0.25, 0.3) is 0 Å². The summed E-state index contributed by atoms with van der Waals surface area (Å²) in [5.74, 6) is 1.08. The Hall–Kier alpha value is -1.49. The number of rotatable bonds is 2. The molecule has 1 aromatic carbocycles. The van der Waals surface area contributed by atoms with E-state index in [2.05, 4.69) is 17.4 Å². The third-order valence-corrected chi connectivity index (χ3v) is 6.05. The number of benzene rings is 1. The molecule has 1 N–H and O–H groups in total. The number of thiophene rings is 1. The van der Waals surface area contributed by atoms with Gasteiger partial charge in [-0.3, -0.25) is 0 Å². The molecule has 1 aliphatic heterocycles. The fraction of sp³-hybridized carbons (Fsp3) is 0.278. The Bertz CT molecular complexity index is 898. The van der Waals surface area contributed by atoms with Crippen molar-refractivity contribution in [3.05, 3.63) is 50.8 Å². The molecule has 0 fully saturated rings. The van der Waals surface area contributed by atoms with Crippen molar-refractivity contribution in [3.8, 4) is 16.3 Å². The van der Waals surface area contributed by atoms with Gasteiger partial charge in [0.15, 0.2) is 0 Å². The van der Waals surface area contributed by atoms with Gasteiger partial charge in [-0.1, -0.05) is 29.3 Å². The van der Waals surface area contributed by atoms with Crippen LogP contribution in [0.15, 0.2) is 30.3 Å². The monoisotopic (exact) mass is 377 g/mol. The summed E-state index contributed by atoms with van der Waals surface area (Å²) in [4.78, 5) is 1.11. The molecule has 6 heteroatoms. The molecule has 0 amide bonds. The van der Waals surface area contributed by atoms with E-state index in [-0.39, 0.29) is 0 Å².